The van der Waals surface area contributed by atoms with Crippen molar-refractivity contribution < 1.29 is 36.9 Å². The molecule has 8 nitrogen and oxygen atoms in total. The number of carbonyl (C=O) groups is 1. The van der Waals surface area contributed by atoms with E-state index in [0.29, 0.717) is 26.9 Å². The maximum atomic E-state index is 12.7. The molecule has 0 bridgehead atoms. The molecule has 0 saturated carbocycles. The van der Waals surface area contributed by atoms with Gasteiger partial charge in [-0.15, -0.1) is 24.5 Å². The zero-order chi connectivity index (χ0) is 29.3. The number of thiophene rings is 1. The monoisotopic (exact) mass is 609 g/mol. The molecule has 0 radical (unpaired) electrons. The van der Waals surface area contributed by atoms with Gasteiger partial charge in [0, 0.05) is 30.8 Å². The van der Waals surface area contributed by atoms with Crippen molar-refractivity contribution in [2.24, 2.45) is 0 Å². The summed E-state index contributed by atoms with van der Waals surface area (Å²) in [6.45, 7) is 3.72. The molecule has 13 heteroatoms. The minimum atomic E-state index is -4.82. The molecule has 1 atom stereocenters. The molecule has 218 valence electrons. The van der Waals surface area contributed by atoms with Crippen molar-refractivity contribution in [3.05, 3.63) is 64.3 Å². The lowest BCUT2D eigenvalue weighted by Crippen LogP contribution is -2.35. The number of fused-ring (bicyclic) bond motifs is 1. The number of piperidine rings is 1. The van der Waals surface area contributed by atoms with E-state index in [4.69, 9.17) is 25.8 Å². The molecule has 0 amide bonds. The molecule has 0 spiro atoms. The number of aromatic nitrogens is 2. The Kier molecular flexibility index (Phi) is 8.35. The largest absolute Gasteiger partial charge is 0.573 e. The van der Waals surface area contributed by atoms with E-state index in [2.05, 4.69) is 21.7 Å². The first-order valence-electron chi connectivity index (χ1n) is 12.8. The summed E-state index contributed by atoms with van der Waals surface area (Å²) in [5.74, 6) is -0.138. The van der Waals surface area contributed by atoms with E-state index in [-0.39, 0.29) is 28.0 Å². The lowest BCUT2D eigenvalue weighted by atomic mass is 10.1. The zero-order valence-electron chi connectivity index (χ0n) is 22.4. The van der Waals surface area contributed by atoms with Crippen molar-refractivity contribution in [2.75, 3.05) is 27.2 Å². The second kappa shape index (κ2) is 11.8. The van der Waals surface area contributed by atoms with Gasteiger partial charge in [0.05, 0.1) is 23.2 Å². The minimum absolute atomic E-state index is 0.0710. The number of likely N-dealkylation sites (tertiary alicyclic amines) is 1. The van der Waals surface area contributed by atoms with E-state index >= 15 is 0 Å². The molecule has 2 aromatic carbocycles. The van der Waals surface area contributed by atoms with Crippen LogP contribution in [0.3, 0.4) is 0 Å². The highest BCUT2D eigenvalue weighted by Gasteiger charge is 2.31. The molecule has 0 N–H and O–H groups in total. The maximum Gasteiger partial charge on any atom is 0.573 e. The van der Waals surface area contributed by atoms with E-state index in [1.165, 1.54) is 31.6 Å². The maximum absolute atomic E-state index is 12.7. The molecule has 4 aromatic rings. The summed E-state index contributed by atoms with van der Waals surface area (Å²) in [7, 11) is 3.35. The zero-order valence-corrected chi connectivity index (χ0v) is 24.0. The van der Waals surface area contributed by atoms with Crippen LogP contribution < -0.4 is 14.2 Å². The van der Waals surface area contributed by atoms with Gasteiger partial charge in [0.25, 0.3) is 0 Å². The van der Waals surface area contributed by atoms with Gasteiger partial charge in [-0.2, -0.15) is 0 Å². The number of esters is 1. The van der Waals surface area contributed by atoms with Gasteiger partial charge < -0.3 is 23.8 Å². The van der Waals surface area contributed by atoms with Crippen molar-refractivity contribution in [3.8, 4) is 22.2 Å². The minimum Gasteiger partial charge on any atom is -0.489 e. The lowest BCUT2D eigenvalue weighted by molar-refractivity contribution is -0.274. The molecule has 0 unspecified atom stereocenters. The van der Waals surface area contributed by atoms with Crippen LogP contribution in [0.25, 0.3) is 16.0 Å². The van der Waals surface area contributed by atoms with Gasteiger partial charge in [0.1, 0.15) is 40.8 Å². The lowest BCUT2D eigenvalue weighted by Gasteiger charge is -2.30. The molecule has 1 aliphatic rings. The third-order valence-corrected chi connectivity index (χ3v) is 8.24. The highest BCUT2D eigenvalue weighted by Crippen LogP contribution is 2.40. The van der Waals surface area contributed by atoms with Gasteiger partial charge in [0.15, 0.2) is 4.88 Å². The van der Waals surface area contributed by atoms with Gasteiger partial charge in [-0.3, -0.25) is 4.57 Å². The summed E-state index contributed by atoms with van der Waals surface area (Å²) in [5.41, 5.74) is 1.48. The SMILES string of the molecule is COC(=O)c1sc(-n2cnc3cc(OC(F)(F)F)ccc32)cc1O[C@H](C)c1cccc(OC2CCN(C)CC2)c1Cl. The van der Waals surface area contributed by atoms with Crippen molar-refractivity contribution in [2.45, 2.75) is 38.3 Å². The quantitative estimate of drug-likeness (QED) is 0.198. The first kappa shape index (κ1) is 29.0. The van der Waals surface area contributed by atoms with Crippen molar-refractivity contribution in [1.82, 2.24) is 14.5 Å². The molecular formula is C28H27ClF3N3O5S. The number of methoxy groups -OCH3 is 1. The fourth-order valence-electron chi connectivity index (χ4n) is 4.64. The Morgan fingerprint density at radius 2 is 1.90 bits per heavy atom. The standard InChI is InChI=1S/C28H27ClF3N3O5S/c1-16(19-5-4-6-22(25(19)29)39-17-9-11-34(2)12-10-17)38-23-14-24(41-26(23)27(36)37-3)35-15-33-20-13-18(7-8-21(20)35)40-28(30,31)32/h4-8,13-17H,9-12H2,1-3H3/t16-/m1/s1. The summed E-state index contributed by atoms with van der Waals surface area (Å²) < 4.78 is 61.0. The summed E-state index contributed by atoms with van der Waals surface area (Å²) >= 11 is 7.85. The normalized spacial score (nSPS) is 15.6. The third-order valence-electron chi connectivity index (χ3n) is 6.74. The Bertz CT molecular complexity index is 1550. The molecule has 1 aliphatic heterocycles. The Labute approximate surface area is 243 Å². The molecule has 5 rings (SSSR count). The smallest absolute Gasteiger partial charge is 0.489 e. The predicted octanol–water partition coefficient (Wildman–Crippen LogP) is 7.04. The first-order valence-corrected chi connectivity index (χ1v) is 14.0. The van der Waals surface area contributed by atoms with Crippen LogP contribution in [0.2, 0.25) is 5.02 Å². The Hall–Kier alpha value is -3.48. The number of nitrogens with zero attached hydrogens (tertiary/aromatic N) is 3. The van der Waals surface area contributed by atoms with Gasteiger partial charge in [-0.1, -0.05) is 23.7 Å². The Balaban J connectivity index is 1.40. The summed E-state index contributed by atoms with van der Waals surface area (Å²) in [5, 5.41) is 0.983. The number of ether oxygens (including phenoxy) is 4. The number of imidazole rings is 1. The molecule has 1 fully saturated rings. The van der Waals surface area contributed by atoms with Gasteiger partial charge in [-0.05, 0) is 45.0 Å². The average molecular weight is 610 g/mol. The second-order valence-corrected chi connectivity index (χ2v) is 11.0. The van der Waals surface area contributed by atoms with Crippen LogP contribution >= 0.6 is 22.9 Å². The van der Waals surface area contributed by atoms with Crippen molar-refractivity contribution in [3.63, 3.8) is 0 Å². The fraction of sp³-hybridized carbons (Fsp3) is 0.357. The molecule has 3 heterocycles. The van der Waals surface area contributed by atoms with E-state index in [1.54, 1.807) is 10.6 Å². The molecule has 41 heavy (non-hydrogen) atoms. The highest BCUT2D eigenvalue weighted by atomic mass is 35.5. The number of benzene rings is 2. The van der Waals surface area contributed by atoms with Crippen LogP contribution in [0.4, 0.5) is 13.2 Å². The third kappa shape index (κ3) is 6.55. The first-order chi connectivity index (χ1) is 19.5. The van der Waals surface area contributed by atoms with Crippen molar-refractivity contribution in [1.29, 1.82) is 0 Å². The number of alkyl halides is 3. The fourth-order valence-corrected chi connectivity index (χ4v) is 5.95. The highest BCUT2D eigenvalue weighted by molar-refractivity contribution is 7.16. The topological polar surface area (TPSA) is 75.1 Å². The number of rotatable bonds is 8. The average Bonchev–Trinajstić information content (AvgIpc) is 3.53. The van der Waals surface area contributed by atoms with Crippen LogP contribution in [-0.2, 0) is 4.74 Å². The molecular weight excluding hydrogens is 583 g/mol. The number of halogens is 4. The van der Waals surface area contributed by atoms with E-state index in [1.807, 2.05) is 25.1 Å². The Morgan fingerprint density at radius 3 is 2.61 bits per heavy atom. The van der Waals surface area contributed by atoms with Crippen molar-refractivity contribution >= 4 is 39.9 Å². The Morgan fingerprint density at radius 1 is 1.15 bits per heavy atom. The van der Waals surface area contributed by atoms with Crippen LogP contribution in [-0.4, -0.2) is 60.1 Å². The van der Waals surface area contributed by atoms with Crippen LogP contribution in [0.1, 0.15) is 41.1 Å². The predicted molar refractivity (Wildman–Crippen MR) is 149 cm³/mol. The van der Waals surface area contributed by atoms with Gasteiger partial charge >= 0.3 is 12.3 Å². The van der Waals surface area contributed by atoms with Crippen LogP contribution in [0.5, 0.6) is 17.2 Å². The molecule has 2 aromatic heterocycles. The van der Waals surface area contributed by atoms with Gasteiger partial charge in [0.2, 0.25) is 0 Å². The molecule has 0 aliphatic carbocycles. The van der Waals surface area contributed by atoms with E-state index < -0.39 is 18.4 Å². The molecule has 1 saturated heterocycles. The second-order valence-electron chi connectivity index (χ2n) is 9.62. The van der Waals surface area contributed by atoms with E-state index in [0.717, 1.165) is 37.3 Å². The number of hydrogen-bond donors (Lipinski definition) is 0. The van der Waals surface area contributed by atoms with Gasteiger partial charge in [-0.25, -0.2) is 9.78 Å². The van der Waals surface area contributed by atoms with Crippen LogP contribution in [0.15, 0.2) is 48.8 Å². The number of carbonyl (C=O) groups excluding carboxylic acids is 1. The van der Waals surface area contributed by atoms with Crippen LogP contribution in [0, 0.1) is 0 Å². The summed E-state index contributed by atoms with van der Waals surface area (Å²) in [6, 6.07) is 11.0. The number of hydrogen-bond acceptors (Lipinski definition) is 8. The van der Waals surface area contributed by atoms with E-state index in [9.17, 15) is 18.0 Å². The summed E-state index contributed by atoms with van der Waals surface area (Å²) in [6.07, 6.45) is -2.05. The summed E-state index contributed by atoms with van der Waals surface area (Å²) in [4.78, 5) is 19.3.